The zero-order valence-electron chi connectivity index (χ0n) is 6.67. The molecule has 0 radical (unpaired) electrons. The summed E-state index contributed by atoms with van der Waals surface area (Å²) >= 11 is 3.38. The molecule has 0 aliphatic rings. The van der Waals surface area contributed by atoms with Gasteiger partial charge in [-0.05, 0) is 24.6 Å². The Balaban J connectivity index is 2.81. The maximum Gasteiger partial charge on any atom is 0.0793 e. The molecule has 1 aromatic carbocycles. The summed E-state index contributed by atoms with van der Waals surface area (Å²) in [7, 11) is 1.71. The molecule has 0 saturated heterocycles. The van der Waals surface area contributed by atoms with Gasteiger partial charge in [-0.1, -0.05) is 28.1 Å². The summed E-state index contributed by atoms with van der Waals surface area (Å²) in [5.41, 5.74) is 1.20. The first-order valence-electron chi connectivity index (χ1n) is 3.52. The highest BCUT2D eigenvalue weighted by Gasteiger charge is 2.01. The van der Waals surface area contributed by atoms with Crippen LogP contribution < -0.4 is 0 Å². The lowest BCUT2D eigenvalue weighted by atomic mass is 10.1. The predicted molar refractivity (Wildman–Crippen MR) is 49.6 cm³/mol. The summed E-state index contributed by atoms with van der Waals surface area (Å²) in [4.78, 5) is 0. The van der Waals surface area contributed by atoms with Gasteiger partial charge in [-0.2, -0.15) is 0 Å². The van der Waals surface area contributed by atoms with Gasteiger partial charge in [0.05, 0.1) is 6.10 Å². The second kappa shape index (κ2) is 3.88. The van der Waals surface area contributed by atoms with Crippen LogP contribution in [0.15, 0.2) is 28.7 Å². The maximum atomic E-state index is 5.16. The lowest BCUT2D eigenvalue weighted by Crippen LogP contribution is -1.94. The van der Waals surface area contributed by atoms with E-state index in [9.17, 15) is 0 Å². The van der Waals surface area contributed by atoms with Crippen LogP contribution >= 0.6 is 15.9 Å². The molecule has 0 saturated carbocycles. The number of methoxy groups -OCH3 is 1. The maximum absolute atomic E-state index is 5.16. The summed E-state index contributed by atoms with van der Waals surface area (Å²) in [6.07, 6.45) is 0.183. The van der Waals surface area contributed by atoms with Gasteiger partial charge < -0.3 is 4.74 Å². The molecule has 0 bridgehead atoms. The van der Waals surface area contributed by atoms with E-state index in [1.165, 1.54) is 5.56 Å². The average molecular weight is 215 g/mol. The van der Waals surface area contributed by atoms with Crippen LogP contribution in [0.4, 0.5) is 0 Å². The Bertz CT molecular complexity index is 218. The summed E-state index contributed by atoms with van der Waals surface area (Å²) < 4.78 is 6.26. The Hall–Kier alpha value is -0.340. The van der Waals surface area contributed by atoms with Crippen molar-refractivity contribution in [2.75, 3.05) is 7.11 Å². The topological polar surface area (TPSA) is 9.23 Å². The Morgan fingerprint density at radius 2 is 1.82 bits per heavy atom. The molecular formula is C9H11BrO. The van der Waals surface area contributed by atoms with Gasteiger partial charge in [-0.3, -0.25) is 0 Å². The quantitative estimate of drug-likeness (QED) is 0.736. The van der Waals surface area contributed by atoms with Gasteiger partial charge in [0.2, 0.25) is 0 Å². The van der Waals surface area contributed by atoms with Gasteiger partial charge in [-0.25, -0.2) is 0 Å². The van der Waals surface area contributed by atoms with Crippen LogP contribution in [0.3, 0.4) is 0 Å². The van der Waals surface area contributed by atoms with Gasteiger partial charge in [-0.15, -0.1) is 0 Å². The number of hydrogen-bond acceptors (Lipinski definition) is 1. The van der Waals surface area contributed by atoms with Crippen LogP contribution in [-0.2, 0) is 4.74 Å². The molecule has 0 fully saturated rings. The third kappa shape index (κ3) is 2.31. The highest BCUT2D eigenvalue weighted by atomic mass is 79.9. The molecule has 11 heavy (non-hydrogen) atoms. The molecule has 0 aliphatic heterocycles. The third-order valence-corrected chi connectivity index (χ3v) is 2.22. The van der Waals surface area contributed by atoms with Crippen LogP contribution in [0.5, 0.6) is 0 Å². The molecule has 1 rings (SSSR count). The Labute approximate surface area is 75.5 Å². The van der Waals surface area contributed by atoms with Crippen LogP contribution in [0.1, 0.15) is 18.6 Å². The van der Waals surface area contributed by atoms with Crippen molar-refractivity contribution >= 4 is 15.9 Å². The number of benzene rings is 1. The van der Waals surface area contributed by atoms with E-state index < -0.39 is 0 Å². The molecule has 0 aliphatic carbocycles. The molecule has 1 nitrogen and oxygen atoms in total. The zero-order valence-corrected chi connectivity index (χ0v) is 8.26. The standard InChI is InChI=1S/C9H11BrO/c1-7(11-2)8-3-5-9(10)6-4-8/h3-7H,1-2H3/t7-/m1/s1. The second-order valence-corrected chi connectivity index (χ2v) is 3.35. The van der Waals surface area contributed by atoms with Crippen LogP contribution in [0, 0.1) is 0 Å². The first kappa shape index (κ1) is 8.75. The molecule has 0 heterocycles. The summed E-state index contributed by atoms with van der Waals surface area (Å²) in [5, 5.41) is 0. The van der Waals surface area contributed by atoms with Crippen molar-refractivity contribution in [3.63, 3.8) is 0 Å². The Kier molecular flexibility index (Phi) is 3.09. The van der Waals surface area contributed by atoms with E-state index in [2.05, 4.69) is 28.1 Å². The Morgan fingerprint density at radius 3 is 2.27 bits per heavy atom. The largest absolute Gasteiger partial charge is 0.377 e. The van der Waals surface area contributed by atoms with E-state index in [4.69, 9.17) is 4.74 Å². The second-order valence-electron chi connectivity index (χ2n) is 2.43. The first-order valence-corrected chi connectivity index (χ1v) is 4.31. The van der Waals surface area contributed by atoms with Crippen LogP contribution in [-0.4, -0.2) is 7.11 Å². The van der Waals surface area contributed by atoms with Crippen molar-refractivity contribution in [1.29, 1.82) is 0 Å². The van der Waals surface area contributed by atoms with Crippen molar-refractivity contribution in [2.45, 2.75) is 13.0 Å². The van der Waals surface area contributed by atoms with Gasteiger partial charge in [0.1, 0.15) is 0 Å². The van der Waals surface area contributed by atoms with E-state index in [1.807, 2.05) is 19.1 Å². The fourth-order valence-electron chi connectivity index (χ4n) is 0.870. The molecule has 0 N–H and O–H groups in total. The number of rotatable bonds is 2. The van der Waals surface area contributed by atoms with E-state index in [1.54, 1.807) is 7.11 Å². The first-order chi connectivity index (χ1) is 5.24. The number of hydrogen-bond donors (Lipinski definition) is 0. The van der Waals surface area contributed by atoms with E-state index >= 15 is 0 Å². The molecule has 0 aromatic heterocycles. The SMILES string of the molecule is CO[C@H](C)c1ccc(Br)cc1. The fourth-order valence-corrected chi connectivity index (χ4v) is 1.13. The monoisotopic (exact) mass is 214 g/mol. The van der Waals surface area contributed by atoms with Crippen LogP contribution in [0.2, 0.25) is 0 Å². The highest BCUT2D eigenvalue weighted by molar-refractivity contribution is 9.10. The lowest BCUT2D eigenvalue weighted by Gasteiger charge is -2.08. The van der Waals surface area contributed by atoms with Crippen molar-refractivity contribution in [3.8, 4) is 0 Å². The minimum absolute atomic E-state index is 0.183. The lowest BCUT2D eigenvalue weighted by molar-refractivity contribution is 0.119. The molecule has 0 unspecified atom stereocenters. The number of halogens is 1. The van der Waals surface area contributed by atoms with Crippen molar-refractivity contribution in [2.24, 2.45) is 0 Å². The van der Waals surface area contributed by atoms with Crippen LogP contribution in [0.25, 0.3) is 0 Å². The van der Waals surface area contributed by atoms with Crippen molar-refractivity contribution in [3.05, 3.63) is 34.3 Å². The molecule has 0 amide bonds. The van der Waals surface area contributed by atoms with Gasteiger partial charge in [0.15, 0.2) is 0 Å². The van der Waals surface area contributed by atoms with Crippen molar-refractivity contribution in [1.82, 2.24) is 0 Å². The van der Waals surface area contributed by atoms with E-state index in [0.717, 1.165) is 4.47 Å². The average Bonchev–Trinajstić information content (AvgIpc) is 2.05. The van der Waals surface area contributed by atoms with Gasteiger partial charge in [0.25, 0.3) is 0 Å². The van der Waals surface area contributed by atoms with Gasteiger partial charge >= 0.3 is 0 Å². The molecule has 0 spiro atoms. The fraction of sp³-hybridized carbons (Fsp3) is 0.333. The summed E-state index contributed by atoms with van der Waals surface area (Å²) in [6.45, 7) is 2.03. The molecule has 1 aromatic rings. The highest BCUT2D eigenvalue weighted by Crippen LogP contribution is 2.18. The predicted octanol–water partition coefficient (Wildman–Crippen LogP) is 3.16. The molecule has 60 valence electrons. The zero-order chi connectivity index (χ0) is 8.27. The third-order valence-electron chi connectivity index (χ3n) is 1.69. The minimum Gasteiger partial charge on any atom is -0.377 e. The van der Waals surface area contributed by atoms with Gasteiger partial charge in [0, 0.05) is 11.6 Å². The van der Waals surface area contributed by atoms with Crippen molar-refractivity contribution < 1.29 is 4.74 Å². The smallest absolute Gasteiger partial charge is 0.0793 e. The molecule has 1 atom stereocenters. The molecular weight excluding hydrogens is 204 g/mol. The minimum atomic E-state index is 0.183. The molecule has 2 heteroatoms. The van der Waals surface area contributed by atoms with E-state index in [-0.39, 0.29) is 6.10 Å². The summed E-state index contributed by atoms with van der Waals surface area (Å²) in [5.74, 6) is 0. The number of ether oxygens (including phenoxy) is 1. The Morgan fingerprint density at radius 1 is 1.27 bits per heavy atom. The summed E-state index contributed by atoms with van der Waals surface area (Å²) in [6, 6.07) is 8.15. The normalized spacial score (nSPS) is 13.0. The van der Waals surface area contributed by atoms with E-state index in [0.29, 0.717) is 0 Å².